The summed E-state index contributed by atoms with van der Waals surface area (Å²) < 4.78 is 10.4. The predicted octanol–water partition coefficient (Wildman–Crippen LogP) is 1.83. The van der Waals surface area contributed by atoms with Crippen molar-refractivity contribution in [1.82, 2.24) is 0 Å². The quantitative estimate of drug-likeness (QED) is 0.616. The van der Waals surface area contributed by atoms with Crippen LogP contribution in [0, 0.1) is 11.8 Å². The van der Waals surface area contributed by atoms with Crippen LogP contribution in [0.2, 0.25) is 0 Å². The number of hydrogen-bond donors (Lipinski definition) is 1. The highest BCUT2D eigenvalue weighted by atomic mass is 79.9. The van der Waals surface area contributed by atoms with Gasteiger partial charge in [0.25, 0.3) is 0 Å². The average Bonchev–Trinajstić information content (AvgIpc) is 2.53. The molecule has 1 N–H and O–H groups in total. The highest BCUT2D eigenvalue weighted by Gasteiger charge is 2.56. The van der Waals surface area contributed by atoms with Gasteiger partial charge in [-0.3, -0.25) is 14.4 Å². The van der Waals surface area contributed by atoms with Crippen LogP contribution in [0.5, 0.6) is 0 Å². The number of aliphatic hydroxyl groups is 1. The topological polar surface area (TPSA) is 89.9 Å². The van der Waals surface area contributed by atoms with Crippen LogP contribution in [-0.2, 0) is 23.9 Å². The molecule has 0 spiro atoms. The molecule has 0 bridgehead atoms. The summed E-state index contributed by atoms with van der Waals surface area (Å²) >= 11 is 3.32. The molecule has 130 valence electrons. The molecular weight excluding hydrogens is 380 g/mol. The van der Waals surface area contributed by atoms with E-state index < -0.39 is 41.1 Å². The van der Waals surface area contributed by atoms with Crippen LogP contribution in [0.3, 0.4) is 0 Å². The first-order valence-electron chi connectivity index (χ1n) is 7.39. The van der Waals surface area contributed by atoms with E-state index in [9.17, 15) is 19.5 Å². The van der Waals surface area contributed by atoms with Gasteiger partial charge in [0.1, 0.15) is 5.92 Å². The first kappa shape index (κ1) is 18.6. The second-order valence-corrected chi connectivity index (χ2v) is 6.99. The van der Waals surface area contributed by atoms with E-state index >= 15 is 0 Å². The standard InChI is InChI=1S/C17H19BrO6/c1-17(22)8-11(19)13(15(20)23-2)12(14(17)16(21)24-3)9-4-6-10(18)7-5-9/h4-7,12-14,22H,8H2,1-3H3/t12-,13+,14+,17+/m0/s1. The molecule has 2 rings (SSSR count). The summed E-state index contributed by atoms with van der Waals surface area (Å²) in [5, 5.41) is 10.7. The normalized spacial score (nSPS) is 29.9. The fourth-order valence-electron chi connectivity index (χ4n) is 3.35. The lowest BCUT2D eigenvalue weighted by molar-refractivity contribution is -0.170. The van der Waals surface area contributed by atoms with Crippen LogP contribution >= 0.6 is 15.9 Å². The number of carbonyl (C=O) groups is 3. The fourth-order valence-corrected chi connectivity index (χ4v) is 3.62. The Kier molecular flexibility index (Phi) is 5.45. The molecule has 1 aromatic carbocycles. The first-order chi connectivity index (χ1) is 11.2. The van der Waals surface area contributed by atoms with Crippen LogP contribution < -0.4 is 0 Å². The lowest BCUT2D eigenvalue weighted by Crippen LogP contribution is -2.55. The second kappa shape index (κ2) is 7.03. The van der Waals surface area contributed by atoms with Crippen LogP contribution in [0.15, 0.2) is 28.7 Å². The van der Waals surface area contributed by atoms with Gasteiger partial charge in [0.05, 0.1) is 25.7 Å². The van der Waals surface area contributed by atoms with Gasteiger partial charge in [0, 0.05) is 16.8 Å². The minimum absolute atomic E-state index is 0.320. The monoisotopic (exact) mass is 398 g/mol. The van der Waals surface area contributed by atoms with Crippen molar-refractivity contribution in [1.29, 1.82) is 0 Å². The van der Waals surface area contributed by atoms with Gasteiger partial charge in [-0.05, 0) is 24.6 Å². The molecule has 6 nitrogen and oxygen atoms in total. The van der Waals surface area contributed by atoms with Crippen LogP contribution in [0.1, 0.15) is 24.8 Å². The van der Waals surface area contributed by atoms with Crippen molar-refractivity contribution in [2.75, 3.05) is 14.2 Å². The highest BCUT2D eigenvalue weighted by molar-refractivity contribution is 9.10. The molecule has 7 heteroatoms. The molecule has 0 aliphatic heterocycles. The Morgan fingerprint density at radius 2 is 1.71 bits per heavy atom. The van der Waals surface area contributed by atoms with Gasteiger partial charge < -0.3 is 14.6 Å². The number of rotatable bonds is 3. The summed E-state index contributed by atoms with van der Waals surface area (Å²) in [4.78, 5) is 37.0. The summed E-state index contributed by atoms with van der Waals surface area (Å²) in [6.07, 6.45) is -0.320. The molecule has 1 fully saturated rings. The first-order valence-corrected chi connectivity index (χ1v) is 8.18. The van der Waals surface area contributed by atoms with Crippen LogP contribution in [-0.4, -0.2) is 42.6 Å². The van der Waals surface area contributed by atoms with E-state index in [1.807, 2.05) is 0 Å². The number of ketones is 1. The molecule has 24 heavy (non-hydrogen) atoms. The molecule has 0 aromatic heterocycles. The third-order valence-corrected chi connectivity index (χ3v) is 4.96. The zero-order valence-corrected chi connectivity index (χ0v) is 15.2. The predicted molar refractivity (Wildman–Crippen MR) is 88.1 cm³/mol. The Bertz CT molecular complexity index is 652. The van der Waals surface area contributed by atoms with Crippen molar-refractivity contribution in [3.8, 4) is 0 Å². The fraction of sp³-hybridized carbons (Fsp3) is 0.471. The average molecular weight is 399 g/mol. The number of methoxy groups -OCH3 is 2. The zero-order valence-electron chi connectivity index (χ0n) is 13.6. The Labute approximate surface area is 148 Å². The lowest BCUT2D eigenvalue weighted by atomic mass is 9.62. The maximum atomic E-state index is 12.5. The van der Waals surface area contributed by atoms with Crippen molar-refractivity contribution in [2.45, 2.75) is 24.9 Å². The molecule has 0 amide bonds. The van der Waals surface area contributed by atoms with Gasteiger partial charge in [0.15, 0.2) is 5.78 Å². The van der Waals surface area contributed by atoms with E-state index in [1.54, 1.807) is 24.3 Å². The smallest absolute Gasteiger partial charge is 0.316 e. The third kappa shape index (κ3) is 3.37. The molecule has 0 unspecified atom stereocenters. The van der Waals surface area contributed by atoms with Gasteiger partial charge in [-0.2, -0.15) is 0 Å². The number of hydrogen-bond acceptors (Lipinski definition) is 6. The Morgan fingerprint density at radius 1 is 1.17 bits per heavy atom. The summed E-state index contributed by atoms with van der Waals surface area (Å²) in [7, 11) is 2.40. The molecule has 1 aromatic rings. The molecular formula is C17H19BrO6. The Balaban J connectivity index is 2.63. The van der Waals surface area contributed by atoms with Crippen LogP contribution in [0.4, 0.5) is 0 Å². The Morgan fingerprint density at radius 3 is 2.21 bits per heavy atom. The molecule has 1 aliphatic carbocycles. The summed E-state index contributed by atoms with van der Waals surface area (Å²) in [6, 6.07) is 6.89. The summed E-state index contributed by atoms with van der Waals surface area (Å²) in [6.45, 7) is 1.41. The number of esters is 2. The molecule has 1 saturated carbocycles. The van der Waals surface area contributed by atoms with Gasteiger partial charge >= 0.3 is 11.9 Å². The van der Waals surface area contributed by atoms with Gasteiger partial charge in [-0.15, -0.1) is 0 Å². The maximum absolute atomic E-state index is 12.5. The molecule has 0 radical (unpaired) electrons. The molecule has 4 atom stereocenters. The molecule has 0 heterocycles. The van der Waals surface area contributed by atoms with Gasteiger partial charge in [0.2, 0.25) is 0 Å². The van der Waals surface area contributed by atoms with Gasteiger partial charge in [-0.25, -0.2) is 0 Å². The second-order valence-electron chi connectivity index (χ2n) is 6.08. The lowest BCUT2D eigenvalue weighted by Gasteiger charge is -2.43. The SMILES string of the molecule is COC(=O)[C@@H]1C(=O)C[C@@](C)(O)[C@@H](C(=O)OC)[C@H]1c1ccc(Br)cc1. The molecule has 0 saturated heterocycles. The number of ether oxygens (including phenoxy) is 2. The minimum atomic E-state index is -1.62. The van der Waals surface area contributed by atoms with Crippen molar-refractivity contribution in [3.63, 3.8) is 0 Å². The van der Waals surface area contributed by atoms with Crippen molar-refractivity contribution < 1.29 is 29.0 Å². The van der Waals surface area contributed by atoms with E-state index in [0.717, 1.165) is 4.47 Å². The van der Waals surface area contributed by atoms with E-state index in [2.05, 4.69) is 15.9 Å². The summed E-state index contributed by atoms with van der Waals surface area (Å²) in [5.41, 5.74) is -1.04. The molecule has 1 aliphatic rings. The van der Waals surface area contributed by atoms with Crippen LogP contribution in [0.25, 0.3) is 0 Å². The van der Waals surface area contributed by atoms with Gasteiger partial charge in [-0.1, -0.05) is 28.1 Å². The van der Waals surface area contributed by atoms with E-state index in [-0.39, 0.29) is 6.42 Å². The van der Waals surface area contributed by atoms with E-state index in [1.165, 1.54) is 21.1 Å². The number of Topliss-reactive ketones (excluding diaryl/α,β-unsaturated/α-hetero) is 1. The number of halogens is 1. The third-order valence-electron chi connectivity index (χ3n) is 4.43. The maximum Gasteiger partial charge on any atom is 0.316 e. The number of carbonyl (C=O) groups excluding carboxylic acids is 3. The van der Waals surface area contributed by atoms with E-state index in [4.69, 9.17) is 9.47 Å². The largest absolute Gasteiger partial charge is 0.469 e. The highest BCUT2D eigenvalue weighted by Crippen LogP contribution is 2.46. The number of benzene rings is 1. The van der Waals surface area contributed by atoms with Crippen molar-refractivity contribution in [2.24, 2.45) is 11.8 Å². The zero-order chi connectivity index (χ0) is 18.1. The van der Waals surface area contributed by atoms with E-state index in [0.29, 0.717) is 5.56 Å². The van der Waals surface area contributed by atoms with Crippen molar-refractivity contribution in [3.05, 3.63) is 34.3 Å². The minimum Gasteiger partial charge on any atom is -0.469 e. The van der Waals surface area contributed by atoms with Crippen molar-refractivity contribution >= 4 is 33.7 Å². The Hall–Kier alpha value is -1.73. The summed E-state index contributed by atoms with van der Waals surface area (Å²) in [5.74, 6) is -4.95.